The van der Waals surface area contributed by atoms with Crippen LogP contribution in [0, 0.1) is 11.3 Å². The third-order valence-electron chi connectivity index (χ3n) is 5.44. The lowest BCUT2D eigenvalue weighted by molar-refractivity contribution is 0.325. The first-order valence-electron chi connectivity index (χ1n) is 10.3. The van der Waals surface area contributed by atoms with E-state index in [1.165, 1.54) is 7.11 Å². The monoisotopic (exact) mass is 437 g/mol. The second-order valence-corrected chi connectivity index (χ2v) is 7.25. The van der Waals surface area contributed by atoms with E-state index in [1.807, 2.05) is 54.6 Å². The van der Waals surface area contributed by atoms with Crippen molar-refractivity contribution in [3.8, 4) is 56.8 Å². The Bertz CT molecular complexity index is 1330. The number of benzene rings is 3. The minimum atomic E-state index is 0.147. The van der Waals surface area contributed by atoms with Crippen LogP contribution in [0.15, 0.2) is 72.8 Å². The molecule has 3 aromatic carbocycles. The van der Waals surface area contributed by atoms with E-state index in [4.69, 9.17) is 19.9 Å². The molecule has 0 unspecified atom stereocenters. The van der Waals surface area contributed by atoms with Crippen molar-refractivity contribution in [2.24, 2.45) is 0 Å². The maximum absolute atomic E-state index is 9.81. The maximum Gasteiger partial charge on any atom is 0.203 e. The van der Waals surface area contributed by atoms with Crippen molar-refractivity contribution in [1.29, 1.82) is 5.26 Å². The van der Waals surface area contributed by atoms with E-state index < -0.39 is 0 Å². The lowest BCUT2D eigenvalue weighted by Gasteiger charge is -2.17. The van der Waals surface area contributed by atoms with Crippen molar-refractivity contribution in [3.63, 3.8) is 0 Å². The van der Waals surface area contributed by atoms with Gasteiger partial charge < -0.3 is 19.9 Å². The molecule has 0 aliphatic heterocycles. The number of pyridine rings is 1. The molecule has 0 aliphatic rings. The Labute approximate surface area is 192 Å². The first-order chi connectivity index (χ1) is 16.1. The number of nitrogens with zero attached hydrogens (tertiary/aromatic N) is 2. The molecule has 2 N–H and O–H groups in total. The Morgan fingerprint density at radius 3 is 1.97 bits per heavy atom. The van der Waals surface area contributed by atoms with E-state index in [0.29, 0.717) is 34.1 Å². The summed E-state index contributed by atoms with van der Waals surface area (Å²) in [5.74, 6) is 1.55. The third kappa shape index (κ3) is 4.04. The highest BCUT2D eigenvalue weighted by Gasteiger charge is 2.21. The standard InChI is InChI=1S/C27H23N3O3/c1-31-24-14-13-20(25(32-2)26(24)33-3)21-15-23(30-27(29)22(21)16-28)19-11-9-18(10-12-19)17-7-5-4-6-8-17/h4-15H,1-3H3,(H2,29,30). The average molecular weight is 437 g/mol. The summed E-state index contributed by atoms with van der Waals surface area (Å²) in [6.45, 7) is 0. The minimum Gasteiger partial charge on any atom is -0.493 e. The summed E-state index contributed by atoms with van der Waals surface area (Å²) in [4.78, 5) is 4.49. The number of rotatable bonds is 6. The van der Waals surface area contributed by atoms with E-state index in [2.05, 4.69) is 23.2 Å². The van der Waals surface area contributed by atoms with Gasteiger partial charge in [0, 0.05) is 16.7 Å². The van der Waals surface area contributed by atoms with E-state index in [1.54, 1.807) is 20.3 Å². The van der Waals surface area contributed by atoms with Crippen LogP contribution in [-0.4, -0.2) is 26.3 Å². The van der Waals surface area contributed by atoms with Gasteiger partial charge in [0.2, 0.25) is 5.75 Å². The Kier molecular flexibility index (Phi) is 6.14. The van der Waals surface area contributed by atoms with Crippen LogP contribution < -0.4 is 19.9 Å². The number of aromatic nitrogens is 1. The molecule has 0 fully saturated rings. The Hall–Kier alpha value is -4.50. The second-order valence-electron chi connectivity index (χ2n) is 7.25. The largest absolute Gasteiger partial charge is 0.493 e. The molecule has 6 nitrogen and oxygen atoms in total. The molecule has 0 atom stereocenters. The van der Waals surface area contributed by atoms with E-state index in [9.17, 15) is 5.26 Å². The highest BCUT2D eigenvalue weighted by Crippen LogP contribution is 2.46. The van der Waals surface area contributed by atoms with Crippen LogP contribution in [0.3, 0.4) is 0 Å². The van der Waals surface area contributed by atoms with E-state index in [-0.39, 0.29) is 11.4 Å². The van der Waals surface area contributed by atoms with Crippen LogP contribution in [-0.2, 0) is 0 Å². The van der Waals surface area contributed by atoms with Crippen LogP contribution in [0.5, 0.6) is 17.2 Å². The molecule has 4 aromatic rings. The van der Waals surface area contributed by atoms with Crippen LogP contribution in [0.25, 0.3) is 33.5 Å². The first kappa shape index (κ1) is 21.7. The zero-order valence-corrected chi connectivity index (χ0v) is 18.6. The molecule has 0 bridgehead atoms. The molecular weight excluding hydrogens is 414 g/mol. The SMILES string of the molecule is COc1ccc(-c2cc(-c3ccc(-c4ccccc4)cc3)nc(N)c2C#N)c(OC)c1OC. The predicted molar refractivity (Wildman–Crippen MR) is 129 cm³/mol. The van der Waals surface area contributed by atoms with Crippen molar-refractivity contribution in [2.45, 2.75) is 0 Å². The lowest BCUT2D eigenvalue weighted by atomic mass is 9.96. The van der Waals surface area contributed by atoms with Crippen molar-refractivity contribution < 1.29 is 14.2 Å². The minimum absolute atomic E-state index is 0.147. The third-order valence-corrected chi connectivity index (χ3v) is 5.44. The molecule has 0 saturated carbocycles. The quantitative estimate of drug-likeness (QED) is 0.425. The number of hydrogen-bond donors (Lipinski definition) is 1. The number of nitriles is 1. The number of ether oxygens (including phenoxy) is 3. The number of nitrogen functional groups attached to an aromatic ring is 1. The summed E-state index contributed by atoms with van der Waals surface area (Å²) in [5, 5.41) is 9.81. The topological polar surface area (TPSA) is 90.4 Å². The van der Waals surface area contributed by atoms with Gasteiger partial charge in [0.05, 0.1) is 27.0 Å². The van der Waals surface area contributed by atoms with Gasteiger partial charge in [0.25, 0.3) is 0 Å². The fourth-order valence-electron chi connectivity index (χ4n) is 3.82. The summed E-state index contributed by atoms with van der Waals surface area (Å²) >= 11 is 0. The molecule has 33 heavy (non-hydrogen) atoms. The molecular formula is C27H23N3O3. The van der Waals surface area contributed by atoms with Gasteiger partial charge in [-0.2, -0.15) is 5.26 Å². The predicted octanol–water partition coefficient (Wildman–Crippen LogP) is 5.56. The Morgan fingerprint density at radius 2 is 1.36 bits per heavy atom. The van der Waals surface area contributed by atoms with Gasteiger partial charge in [-0.25, -0.2) is 4.98 Å². The van der Waals surface area contributed by atoms with Gasteiger partial charge in [-0.1, -0.05) is 54.6 Å². The summed E-state index contributed by atoms with van der Waals surface area (Å²) in [7, 11) is 4.63. The number of nitrogens with two attached hydrogens (primary N) is 1. The Morgan fingerprint density at radius 1 is 0.727 bits per heavy atom. The second kappa shape index (κ2) is 9.33. The Balaban J connectivity index is 1.86. The summed E-state index contributed by atoms with van der Waals surface area (Å²) in [6.07, 6.45) is 0. The van der Waals surface area contributed by atoms with Crippen molar-refractivity contribution in [3.05, 3.63) is 78.4 Å². The van der Waals surface area contributed by atoms with Crippen LogP contribution >= 0.6 is 0 Å². The van der Waals surface area contributed by atoms with Gasteiger partial charge in [0.15, 0.2) is 11.5 Å². The van der Waals surface area contributed by atoms with Gasteiger partial charge in [-0.15, -0.1) is 0 Å². The molecule has 4 rings (SSSR count). The zero-order valence-electron chi connectivity index (χ0n) is 18.6. The molecule has 1 heterocycles. The van der Waals surface area contributed by atoms with Crippen molar-refractivity contribution in [1.82, 2.24) is 4.98 Å². The molecule has 6 heteroatoms. The molecule has 0 spiro atoms. The molecule has 0 saturated heterocycles. The molecule has 1 aromatic heterocycles. The highest BCUT2D eigenvalue weighted by atomic mass is 16.5. The summed E-state index contributed by atoms with van der Waals surface area (Å²) in [5.41, 5.74) is 11.5. The highest BCUT2D eigenvalue weighted by molar-refractivity contribution is 5.85. The summed E-state index contributed by atoms with van der Waals surface area (Å²) in [6, 6.07) is 25.8. The van der Waals surface area contributed by atoms with Crippen molar-refractivity contribution >= 4 is 5.82 Å². The van der Waals surface area contributed by atoms with Crippen molar-refractivity contribution in [2.75, 3.05) is 27.1 Å². The van der Waals surface area contributed by atoms with E-state index in [0.717, 1.165) is 16.7 Å². The lowest BCUT2D eigenvalue weighted by Crippen LogP contribution is -2.02. The van der Waals surface area contributed by atoms with Crippen LogP contribution in [0.4, 0.5) is 5.82 Å². The van der Waals surface area contributed by atoms with Gasteiger partial charge >= 0.3 is 0 Å². The smallest absolute Gasteiger partial charge is 0.203 e. The zero-order chi connectivity index (χ0) is 23.4. The summed E-state index contributed by atoms with van der Waals surface area (Å²) < 4.78 is 16.5. The normalized spacial score (nSPS) is 10.4. The molecule has 164 valence electrons. The number of hydrogen-bond acceptors (Lipinski definition) is 6. The fourth-order valence-corrected chi connectivity index (χ4v) is 3.82. The van der Waals surface area contributed by atoms with Crippen LogP contribution in [0.2, 0.25) is 0 Å². The van der Waals surface area contributed by atoms with Crippen LogP contribution in [0.1, 0.15) is 5.56 Å². The van der Waals surface area contributed by atoms with Gasteiger partial charge in [-0.05, 0) is 29.3 Å². The first-order valence-corrected chi connectivity index (χ1v) is 10.3. The average Bonchev–Trinajstić information content (AvgIpc) is 2.87. The molecule has 0 radical (unpaired) electrons. The molecule has 0 amide bonds. The maximum atomic E-state index is 9.81. The molecule has 0 aliphatic carbocycles. The number of anilines is 1. The van der Waals surface area contributed by atoms with Gasteiger partial charge in [0.1, 0.15) is 17.5 Å². The van der Waals surface area contributed by atoms with E-state index >= 15 is 0 Å². The fraction of sp³-hybridized carbons (Fsp3) is 0.111. The van der Waals surface area contributed by atoms with Gasteiger partial charge in [-0.3, -0.25) is 0 Å². The number of methoxy groups -OCH3 is 3.